The summed E-state index contributed by atoms with van der Waals surface area (Å²) in [6.45, 7) is 0.620. The molecule has 6 nitrogen and oxygen atoms in total. The summed E-state index contributed by atoms with van der Waals surface area (Å²) in [5, 5.41) is 7.90. The molecule has 1 unspecified atom stereocenters. The van der Waals surface area contributed by atoms with Crippen LogP contribution < -0.4 is 0 Å². The van der Waals surface area contributed by atoms with E-state index >= 15 is 0 Å². The lowest BCUT2D eigenvalue weighted by molar-refractivity contribution is 0.218. The Labute approximate surface area is 118 Å². The zero-order valence-electron chi connectivity index (χ0n) is 9.61. The number of hydrogen-bond donors (Lipinski definition) is 1. The number of carboxylic acid groups (broad SMARTS) is 1. The lowest BCUT2D eigenvalue weighted by Gasteiger charge is -2.05. The fraction of sp³-hybridized carbons (Fsp3) is 0.300. The topological polar surface area (TPSA) is 104 Å². The molecule has 0 bridgehead atoms. The van der Waals surface area contributed by atoms with Crippen molar-refractivity contribution in [1.82, 2.24) is 0 Å². The van der Waals surface area contributed by atoms with Crippen LogP contribution in [0.5, 0.6) is 0 Å². The van der Waals surface area contributed by atoms with Gasteiger partial charge in [-0.25, -0.2) is 8.42 Å². The Morgan fingerprint density at radius 1 is 1.37 bits per heavy atom. The first-order valence-corrected chi connectivity index (χ1v) is 8.20. The molecule has 0 saturated carbocycles. The summed E-state index contributed by atoms with van der Waals surface area (Å²) in [6.07, 6.45) is 0.898. The Morgan fingerprint density at radius 3 is 2.26 bits per heavy atom. The van der Waals surface area contributed by atoms with Crippen LogP contribution in [0, 0.1) is 0 Å². The Morgan fingerprint density at radius 2 is 1.95 bits per heavy atom. The van der Waals surface area contributed by atoms with Crippen LogP contribution in [-0.2, 0) is 25.5 Å². The largest absolute Gasteiger partial charge is 0.744 e. The molecule has 0 aromatic heterocycles. The summed E-state index contributed by atoms with van der Waals surface area (Å²) >= 11 is 4.70. The van der Waals surface area contributed by atoms with Crippen LogP contribution >= 0.6 is 11.6 Å². The van der Waals surface area contributed by atoms with Crippen molar-refractivity contribution in [3.8, 4) is 0 Å². The van der Waals surface area contributed by atoms with E-state index in [0.717, 1.165) is 6.42 Å². The highest BCUT2D eigenvalue weighted by atomic mass is 35.5. The van der Waals surface area contributed by atoms with Gasteiger partial charge in [-0.3, -0.25) is 0 Å². The third-order valence-electron chi connectivity index (χ3n) is 2.00. The summed E-state index contributed by atoms with van der Waals surface area (Å²) in [6, 6.07) is 5.05. The molecule has 1 aliphatic rings. The van der Waals surface area contributed by atoms with Crippen molar-refractivity contribution in [1.29, 1.82) is 0 Å². The molecule has 0 spiro atoms. The van der Waals surface area contributed by atoms with E-state index in [1.54, 1.807) is 0 Å². The van der Waals surface area contributed by atoms with Crippen molar-refractivity contribution in [2.45, 2.75) is 11.3 Å². The van der Waals surface area contributed by atoms with Crippen LogP contribution in [0.15, 0.2) is 29.2 Å². The molecule has 1 aromatic rings. The first-order valence-electron chi connectivity index (χ1n) is 5.09. The van der Waals surface area contributed by atoms with Gasteiger partial charge in [0, 0.05) is 11.4 Å². The van der Waals surface area contributed by atoms with E-state index in [0.29, 0.717) is 17.4 Å². The second kappa shape index (κ2) is 7.11. The third kappa shape index (κ3) is 5.79. The van der Waals surface area contributed by atoms with Crippen molar-refractivity contribution >= 4 is 38.2 Å². The van der Waals surface area contributed by atoms with Gasteiger partial charge < -0.3 is 9.66 Å². The van der Waals surface area contributed by atoms with Gasteiger partial charge in [0.2, 0.25) is 0 Å². The van der Waals surface area contributed by atoms with E-state index in [-0.39, 0.29) is 4.90 Å². The third-order valence-corrected chi connectivity index (χ3v) is 4.60. The van der Waals surface area contributed by atoms with E-state index in [1.165, 1.54) is 24.3 Å². The van der Waals surface area contributed by atoms with Gasteiger partial charge in [0.15, 0.2) is 5.75 Å². The van der Waals surface area contributed by atoms with Gasteiger partial charge in [0.1, 0.15) is 16.7 Å². The summed E-state index contributed by atoms with van der Waals surface area (Å²) in [5.74, 6) is 0.704. The fourth-order valence-corrected chi connectivity index (χ4v) is 2.84. The SMILES string of the molecule is O=C(O)[S+]1CCCO1.O=S(=O)([O-])c1ccc(Cl)cc1. The number of benzene rings is 1. The highest BCUT2D eigenvalue weighted by Gasteiger charge is 2.36. The molecule has 19 heavy (non-hydrogen) atoms. The van der Waals surface area contributed by atoms with Gasteiger partial charge in [-0.1, -0.05) is 11.6 Å². The Bertz CT molecular complexity index is 521. The quantitative estimate of drug-likeness (QED) is 0.624. The van der Waals surface area contributed by atoms with Crippen molar-refractivity contribution in [3.05, 3.63) is 29.3 Å². The van der Waals surface area contributed by atoms with E-state index in [4.69, 9.17) is 20.9 Å². The molecule has 1 fully saturated rings. The molecule has 0 aliphatic carbocycles. The predicted molar refractivity (Wildman–Crippen MR) is 70.2 cm³/mol. The Balaban J connectivity index is 0.000000200. The maximum atomic E-state index is 10.3. The maximum absolute atomic E-state index is 10.3. The molecule has 1 aliphatic heterocycles. The van der Waals surface area contributed by atoms with Crippen LogP contribution in [0.1, 0.15) is 6.42 Å². The second-order valence-corrected chi connectivity index (χ2v) is 6.90. The summed E-state index contributed by atoms with van der Waals surface area (Å²) in [7, 11) is -4.33. The normalized spacial score (nSPS) is 18.5. The van der Waals surface area contributed by atoms with Gasteiger partial charge in [0.05, 0.1) is 4.90 Å². The minimum atomic E-state index is -4.33. The second-order valence-electron chi connectivity index (χ2n) is 3.40. The monoisotopic (exact) mass is 326 g/mol. The first kappa shape index (κ1) is 16.3. The number of hydrogen-bond acceptors (Lipinski definition) is 5. The highest BCUT2D eigenvalue weighted by Crippen LogP contribution is 2.13. The van der Waals surface area contributed by atoms with Gasteiger partial charge in [-0.2, -0.15) is 8.98 Å². The summed E-state index contributed by atoms with van der Waals surface area (Å²) in [5.41, 5.74) is 0. The van der Waals surface area contributed by atoms with Crippen LogP contribution in [0.25, 0.3) is 0 Å². The zero-order valence-corrected chi connectivity index (χ0v) is 12.0. The van der Waals surface area contributed by atoms with Crippen LogP contribution in [0.4, 0.5) is 4.79 Å². The zero-order chi connectivity index (χ0) is 14.5. The Hall–Kier alpha value is -0.800. The summed E-state index contributed by atoms with van der Waals surface area (Å²) < 4.78 is 35.9. The number of rotatable bonds is 1. The van der Waals surface area contributed by atoms with E-state index in [2.05, 4.69) is 0 Å². The summed E-state index contributed by atoms with van der Waals surface area (Å²) in [4.78, 5) is 9.83. The molecule has 1 heterocycles. The minimum Gasteiger partial charge on any atom is -0.744 e. The molecular formula is C10H11ClO6S2. The molecule has 0 radical (unpaired) electrons. The van der Waals surface area contributed by atoms with E-state index < -0.39 is 26.6 Å². The molecule has 9 heteroatoms. The Kier molecular flexibility index (Phi) is 6.08. The first-order chi connectivity index (χ1) is 8.80. The molecule has 1 aromatic carbocycles. The standard InChI is InChI=1S/C6H5ClO3S.C4H6O3S/c7-5-1-3-6(4-2-5)11(8,9)10;5-4(6)8-3-1-2-7-8/h1-4H,(H,8,9,10);1-3H2. The van der Waals surface area contributed by atoms with Crippen molar-refractivity contribution in [2.24, 2.45) is 0 Å². The highest BCUT2D eigenvalue weighted by molar-refractivity contribution is 8.06. The van der Waals surface area contributed by atoms with Gasteiger partial charge in [0.25, 0.3) is 11.2 Å². The fourth-order valence-electron chi connectivity index (χ4n) is 1.15. The van der Waals surface area contributed by atoms with Crippen molar-refractivity contribution < 1.29 is 27.1 Å². The van der Waals surface area contributed by atoms with E-state index in [9.17, 15) is 17.8 Å². The molecule has 106 valence electrons. The smallest absolute Gasteiger partial charge is 0.558 e. The van der Waals surface area contributed by atoms with Gasteiger partial charge in [-0.15, -0.1) is 0 Å². The average molecular weight is 327 g/mol. The van der Waals surface area contributed by atoms with Crippen LogP contribution in [0.3, 0.4) is 0 Å². The molecule has 1 N–H and O–H groups in total. The molecular weight excluding hydrogens is 316 g/mol. The van der Waals surface area contributed by atoms with Crippen LogP contribution in [0.2, 0.25) is 5.02 Å². The lowest BCUT2D eigenvalue weighted by atomic mass is 10.4. The molecule has 1 saturated heterocycles. The molecule has 1 atom stereocenters. The molecule has 2 rings (SSSR count). The number of halogens is 1. The van der Waals surface area contributed by atoms with E-state index in [1.807, 2.05) is 0 Å². The number of carbonyl (C=O) groups is 1. The molecule has 0 amide bonds. The van der Waals surface area contributed by atoms with Crippen LogP contribution in [-0.4, -0.2) is 35.7 Å². The van der Waals surface area contributed by atoms with Crippen molar-refractivity contribution in [3.63, 3.8) is 0 Å². The van der Waals surface area contributed by atoms with Gasteiger partial charge >= 0.3 is 5.30 Å². The van der Waals surface area contributed by atoms with Gasteiger partial charge in [-0.05, 0) is 24.3 Å². The maximum Gasteiger partial charge on any atom is 0.558 e. The van der Waals surface area contributed by atoms with Crippen molar-refractivity contribution in [2.75, 3.05) is 12.4 Å². The predicted octanol–water partition coefficient (Wildman–Crippen LogP) is 1.86. The average Bonchev–Trinajstić information content (AvgIpc) is 2.82. The lowest BCUT2D eigenvalue weighted by Crippen LogP contribution is -2.12. The minimum absolute atomic E-state index is 0.262.